The number of nitrogens with zero attached hydrogens (tertiary/aromatic N) is 2. The molecule has 0 bridgehead atoms. The zero-order valence-corrected chi connectivity index (χ0v) is 24.0. The summed E-state index contributed by atoms with van der Waals surface area (Å²) in [6.45, 7) is 8.41. The molecule has 3 aromatic rings. The van der Waals surface area contributed by atoms with Crippen LogP contribution in [0.25, 0.3) is 0 Å². The fraction of sp³-hybridized carbons (Fsp3) is 0.294. The number of benzene rings is 3. The molecule has 1 aliphatic carbocycles. The number of carbonyl (C=O) groups excluding carboxylic acids is 1. The van der Waals surface area contributed by atoms with Crippen molar-refractivity contribution in [3.05, 3.63) is 111 Å². The number of carbonyl (C=O) groups is 1. The number of halogens is 1. The third-order valence-electron chi connectivity index (χ3n) is 7.96. The Labute approximate surface area is 240 Å². The lowest BCUT2D eigenvalue weighted by Gasteiger charge is -2.44. The number of nitrogens with two attached hydrogens (primary N) is 1. The van der Waals surface area contributed by atoms with Crippen molar-refractivity contribution in [2.24, 2.45) is 11.1 Å². The van der Waals surface area contributed by atoms with Gasteiger partial charge in [-0.25, -0.2) is 4.39 Å². The fourth-order valence-electron chi connectivity index (χ4n) is 5.92. The number of ketones is 1. The molecule has 2 N–H and O–H groups in total. The number of hydrogen-bond donors (Lipinski definition) is 1. The van der Waals surface area contributed by atoms with Crippen LogP contribution >= 0.6 is 0 Å². The molecule has 7 heteroatoms. The van der Waals surface area contributed by atoms with Gasteiger partial charge in [-0.1, -0.05) is 26.0 Å². The van der Waals surface area contributed by atoms with E-state index in [4.69, 9.17) is 15.2 Å². The van der Waals surface area contributed by atoms with Gasteiger partial charge in [0.25, 0.3) is 0 Å². The monoisotopic (exact) mass is 551 g/mol. The second-order valence-electron chi connectivity index (χ2n) is 11.6. The Kier molecular flexibility index (Phi) is 7.35. The first-order chi connectivity index (χ1) is 19.5. The minimum absolute atomic E-state index is 0.0177. The van der Waals surface area contributed by atoms with Crippen LogP contribution in [0.3, 0.4) is 0 Å². The third-order valence-corrected chi connectivity index (χ3v) is 7.96. The number of hydrogen-bond acceptors (Lipinski definition) is 6. The second-order valence-corrected chi connectivity index (χ2v) is 11.6. The summed E-state index contributed by atoms with van der Waals surface area (Å²) in [5, 5.41) is 10.5. The summed E-state index contributed by atoms with van der Waals surface area (Å²) in [5.74, 6) is 0.659. The molecule has 0 spiro atoms. The van der Waals surface area contributed by atoms with Gasteiger partial charge in [0.2, 0.25) is 0 Å². The largest absolute Gasteiger partial charge is 0.497 e. The van der Waals surface area contributed by atoms with Crippen LogP contribution < -0.4 is 20.1 Å². The summed E-state index contributed by atoms with van der Waals surface area (Å²) in [4.78, 5) is 15.8. The lowest BCUT2D eigenvalue weighted by molar-refractivity contribution is -0.118. The summed E-state index contributed by atoms with van der Waals surface area (Å²) < 4.78 is 24.7. The molecule has 1 unspecified atom stereocenters. The molecule has 0 radical (unpaired) electrons. The lowest BCUT2D eigenvalue weighted by Crippen LogP contribution is -2.42. The molecule has 2 aliphatic rings. The molecular weight excluding hydrogens is 517 g/mol. The highest BCUT2D eigenvalue weighted by Gasteiger charge is 2.45. The predicted molar refractivity (Wildman–Crippen MR) is 157 cm³/mol. The van der Waals surface area contributed by atoms with E-state index in [1.54, 1.807) is 19.2 Å². The van der Waals surface area contributed by atoms with Crippen LogP contribution in [-0.4, -0.2) is 12.9 Å². The van der Waals surface area contributed by atoms with Crippen LogP contribution in [-0.2, 0) is 11.4 Å². The summed E-state index contributed by atoms with van der Waals surface area (Å²) in [6, 6.07) is 19.8. The summed E-state index contributed by atoms with van der Waals surface area (Å²) in [7, 11) is 1.61. The molecule has 1 aliphatic heterocycles. The van der Waals surface area contributed by atoms with Crippen molar-refractivity contribution >= 4 is 11.5 Å². The fourth-order valence-corrected chi connectivity index (χ4v) is 5.92. The van der Waals surface area contributed by atoms with Crippen LogP contribution in [0.2, 0.25) is 0 Å². The smallest absolute Gasteiger partial charge is 0.162 e. The molecule has 0 saturated carbocycles. The topological polar surface area (TPSA) is 88.6 Å². The first-order valence-corrected chi connectivity index (χ1v) is 13.6. The van der Waals surface area contributed by atoms with Gasteiger partial charge < -0.3 is 15.2 Å². The Balaban J connectivity index is 1.64. The molecule has 210 valence electrons. The normalized spacial score (nSPS) is 18.2. The molecule has 3 aromatic carbocycles. The zero-order chi connectivity index (χ0) is 29.5. The molecule has 0 aromatic heterocycles. The maximum atomic E-state index is 13.9. The van der Waals surface area contributed by atoms with Crippen molar-refractivity contribution in [2.45, 2.75) is 53.1 Å². The Bertz CT molecular complexity index is 1610. The van der Waals surface area contributed by atoms with E-state index < -0.39 is 5.92 Å². The molecule has 5 rings (SSSR count). The van der Waals surface area contributed by atoms with E-state index in [2.05, 4.69) is 26.0 Å². The predicted octanol–water partition coefficient (Wildman–Crippen LogP) is 6.97. The van der Waals surface area contributed by atoms with Gasteiger partial charge in [0, 0.05) is 23.4 Å². The second kappa shape index (κ2) is 10.8. The van der Waals surface area contributed by atoms with Crippen molar-refractivity contribution in [1.29, 1.82) is 5.26 Å². The van der Waals surface area contributed by atoms with E-state index in [0.717, 1.165) is 33.6 Å². The van der Waals surface area contributed by atoms with Gasteiger partial charge in [0.15, 0.2) is 5.78 Å². The number of Topliss-reactive ketones (excluding diaryl/α,β-unsaturated/α-hetero) is 1. The number of anilines is 1. The average molecular weight is 552 g/mol. The molecular formula is C34H34FN3O3. The van der Waals surface area contributed by atoms with Crippen LogP contribution in [0.5, 0.6) is 11.5 Å². The van der Waals surface area contributed by atoms with Gasteiger partial charge in [0.05, 0.1) is 24.7 Å². The van der Waals surface area contributed by atoms with Crippen molar-refractivity contribution in [2.75, 3.05) is 12.0 Å². The van der Waals surface area contributed by atoms with Gasteiger partial charge in [-0.2, -0.15) is 5.26 Å². The van der Waals surface area contributed by atoms with Crippen molar-refractivity contribution < 1.29 is 18.7 Å². The molecule has 1 atom stereocenters. The Morgan fingerprint density at radius 1 is 1.02 bits per heavy atom. The van der Waals surface area contributed by atoms with Crippen molar-refractivity contribution in [1.82, 2.24) is 0 Å². The SMILES string of the molecule is COc1ccc(N2C(N)=C(C#N)C(c3cc(COc4ccc(F)cc4)c(C)cc3C)C3=C2CC(C)(C)CC3=O)cc1. The molecule has 41 heavy (non-hydrogen) atoms. The molecule has 6 nitrogen and oxygen atoms in total. The van der Waals surface area contributed by atoms with E-state index in [9.17, 15) is 14.4 Å². The number of allylic oxidation sites excluding steroid dienone is 3. The van der Waals surface area contributed by atoms with Gasteiger partial charge in [-0.05, 0) is 96.5 Å². The minimum atomic E-state index is -0.599. The number of rotatable bonds is 6. The van der Waals surface area contributed by atoms with Gasteiger partial charge in [-0.3, -0.25) is 9.69 Å². The summed E-state index contributed by atoms with van der Waals surface area (Å²) in [5.41, 5.74) is 12.8. The van der Waals surface area contributed by atoms with Crippen molar-refractivity contribution in [3.63, 3.8) is 0 Å². The third kappa shape index (κ3) is 5.30. The van der Waals surface area contributed by atoms with Gasteiger partial charge in [-0.15, -0.1) is 0 Å². The van der Waals surface area contributed by atoms with E-state index in [-0.39, 0.29) is 23.6 Å². The maximum Gasteiger partial charge on any atom is 0.162 e. The quantitative estimate of drug-likeness (QED) is 0.356. The number of aryl methyl sites for hydroxylation is 2. The Morgan fingerprint density at radius 3 is 2.32 bits per heavy atom. The van der Waals surface area contributed by atoms with Crippen LogP contribution in [0.15, 0.2) is 83.3 Å². The number of ether oxygens (including phenoxy) is 2. The molecule has 0 fully saturated rings. The van der Waals surface area contributed by atoms with Crippen LogP contribution in [0.1, 0.15) is 54.9 Å². The lowest BCUT2D eigenvalue weighted by atomic mass is 9.68. The molecule has 1 heterocycles. The van der Waals surface area contributed by atoms with Crippen LogP contribution in [0.4, 0.5) is 10.1 Å². The summed E-state index contributed by atoms with van der Waals surface area (Å²) >= 11 is 0. The molecule has 0 saturated heterocycles. The summed E-state index contributed by atoms with van der Waals surface area (Å²) in [6.07, 6.45) is 1.00. The van der Waals surface area contributed by atoms with Crippen molar-refractivity contribution in [3.8, 4) is 17.6 Å². The van der Waals surface area contributed by atoms with Gasteiger partial charge >= 0.3 is 0 Å². The maximum absolute atomic E-state index is 13.9. The first-order valence-electron chi connectivity index (χ1n) is 13.6. The van der Waals surface area contributed by atoms with E-state index >= 15 is 0 Å². The number of methoxy groups -OCH3 is 1. The molecule has 0 amide bonds. The highest BCUT2D eigenvalue weighted by atomic mass is 19.1. The Morgan fingerprint density at radius 2 is 1.68 bits per heavy atom. The number of nitriles is 1. The average Bonchev–Trinajstić information content (AvgIpc) is 2.92. The standard InChI is InChI=1S/C34H34FN3O3/c1-20-14-21(2)27(15-22(20)19-41-26-10-6-23(35)7-11-26)31-28(18-36)33(37)38(24-8-12-25(40-5)13-9-24)29-16-34(3,4)17-30(39)32(29)31/h6-15,31H,16-17,19,37H2,1-5H3. The Hall–Kier alpha value is -4.57. The first kappa shape index (κ1) is 28.0. The van der Waals surface area contributed by atoms with E-state index in [0.29, 0.717) is 41.3 Å². The van der Waals surface area contributed by atoms with Crippen LogP contribution in [0, 0.1) is 36.4 Å². The van der Waals surface area contributed by atoms with E-state index in [1.165, 1.54) is 12.1 Å². The minimum Gasteiger partial charge on any atom is -0.497 e. The highest BCUT2D eigenvalue weighted by molar-refractivity contribution is 6.01. The van der Waals surface area contributed by atoms with E-state index in [1.807, 2.05) is 49.1 Å². The zero-order valence-electron chi connectivity index (χ0n) is 24.0. The van der Waals surface area contributed by atoms with Gasteiger partial charge in [0.1, 0.15) is 29.7 Å². The highest BCUT2D eigenvalue weighted by Crippen LogP contribution is 2.51.